The third-order valence-corrected chi connectivity index (χ3v) is 4.26. The number of fused-ring (bicyclic) bond motifs is 1. The number of nitrogens with two attached hydrogens (primary N) is 1. The molecule has 0 radical (unpaired) electrons. The molecule has 9 heteroatoms. The summed E-state index contributed by atoms with van der Waals surface area (Å²) in [5, 5.41) is 8.20. The molecule has 1 fully saturated rings. The molecule has 3 aromatic heterocycles. The highest BCUT2D eigenvalue weighted by atomic mass is 15.4. The van der Waals surface area contributed by atoms with Crippen molar-refractivity contribution in [3.8, 4) is 0 Å². The van der Waals surface area contributed by atoms with Gasteiger partial charge in [0.25, 0.3) is 0 Å². The van der Waals surface area contributed by atoms with E-state index in [9.17, 15) is 0 Å². The summed E-state index contributed by atoms with van der Waals surface area (Å²) in [6.07, 6.45) is 7.46. The molecule has 0 aliphatic carbocycles. The van der Waals surface area contributed by atoms with Crippen molar-refractivity contribution in [3.05, 3.63) is 24.5 Å². The van der Waals surface area contributed by atoms with E-state index in [0.717, 1.165) is 43.1 Å². The van der Waals surface area contributed by atoms with E-state index < -0.39 is 0 Å². The maximum atomic E-state index is 5.59. The Labute approximate surface area is 132 Å². The molecule has 1 aliphatic rings. The largest absolute Gasteiger partial charge is 0.354 e. The molecule has 1 aliphatic heterocycles. The second-order valence-corrected chi connectivity index (χ2v) is 5.89. The van der Waals surface area contributed by atoms with E-state index >= 15 is 0 Å². The summed E-state index contributed by atoms with van der Waals surface area (Å²) in [6.45, 7) is 3.20. The molecule has 1 saturated heterocycles. The third-order valence-electron chi connectivity index (χ3n) is 4.26. The first-order valence-electron chi connectivity index (χ1n) is 7.81. The molecule has 23 heavy (non-hydrogen) atoms. The van der Waals surface area contributed by atoms with Crippen molar-refractivity contribution in [1.29, 1.82) is 0 Å². The van der Waals surface area contributed by atoms with Gasteiger partial charge >= 0.3 is 0 Å². The average molecular weight is 313 g/mol. The van der Waals surface area contributed by atoms with Crippen molar-refractivity contribution < 1.29 is 0 Å². The zero-order chi connectivity index (χ0) is 15.6. The highest BCUT2D eigenvalue weighted by Crippen LogP contribution is 2.26. The molecule has 0 aromatic carbocycles. The van der Waals surface area contributed by atoms with Gasteiger partial charge in [0.05, 0.1) is 12.0 Å². The Morgan fingerprint density at radius 3 is 3.13 bits per heavy atom. The molecule has 0 saturated carbocycles. The molecule has 0 bridgehead atoms. The van der Waals surface area contributed by atoms with Crippen LogP contribution in [0.3, 0.4) is 0 Å². The number of hydrogen-bond donors (Lipinski definition) is 2. The van der Waals surface area contributed by atoms with Crippen molar-refractivity contribution in [3.63, 3.8) is 0 Å². The first-order valence-corrected chi connectivity index (χ1v) is 7.81. The molecule has 4 heterocycles. The zero-order valence-electron chi connectivity index (χ0n) is 12.8. The Bertz CT molecular complexity index is 792. The van der Waals surface area contributed by atoms with Gasteiger partial charge < -0.3 is 15.6 Å². The molecule has 4 rings (SSSR count). The van der Waals surface area contributed by atoms with Gasteiger partial charge in [-0.3, -0.25) is 4.68 Å². The fraction of sp³-hybridized carbons (Fsp3) is 0.500. The lowest BCUT2D eigenvalue weighted by molar-refractivity contribution is 0.347. The van der Waals surface area contributed by atoms with Crippen LogP contribution in [-0.4, -0.2) is 48.0 Å². The van der Waals surface area contributed by atoms with Gasteiger partial charge in [0.15, 0.2) is 11.5 Å². The van der Waals surface area contributed by atoms with Crippen LogP contribution < -0.4 is 10.6 Å². The Balaban J connectivity index is 1.51. The summed E-state index contributed by atoms with van der Waals surface area (Å²) < 4.78 is 1.89. The summed E-state index contributed by atoms with van der Waals surface area (Å²) in [4.78, 5) is 18.3. The van der Waals surface area contributed by atoms with Crippen LogP contribution in [0.1, 0.15) is 18.5 Å². The summed E-state index contributed by atoms with van der Waals surface area (Å²) in [7, 11) is 0. The van der Waals surface area contributed by atoms with Crippen LogP contribution in [0.4, 0.5) is 5.82 Å². The molecule has 9 nitrogen and oxygen atoms in total. The van der Waals surface area contributed by atoms with Gasteiger partial charge in [0, 0.05) is 32.4 Å². The number of imidazole rings is 1. The van der Waals surface area contributed by atoms with Crippen molar-refractivity contribution in [2.45, 2.75) is 25.9 Å². The number of H-pyrrole nitrogens is 1. The molecular weight excluding hydrogens is 294 g/mol. The summed E-state index contributed by atoms with van der Waals surface area (Å²) in [5.74, 6) is 1.43. The van der Waals surface area contributed by atoms with Gasteiger partial charge in [0.2, 0.25) is 0 Å². The number of hydrogen-bond acceptors (Lipinski definition) is 7. The van der Waals surface area contributed by atoms with E-state index in [1.165, 1.54) is 6.42 Å². The predicted molar refractivity (Wildman–Crippen MR) is 84.5 cm³/mol. The van der Waals surface area contributed by atoms with Gasteiger partial charge in [-0.15, -0.1) is 5.10 Å². The third kappa shape index (κ3) is 2.74. The van der Waals surface area contributed by atoms with Crippen molar-refractivity contribution >= 4 is 17.0 Å². The fourth-order valence-corrected chi connectivity index (χ4v) is 3.18. The van der Waals surface area contributed by atoms with Crippen LogP contribution in [0.5, 0.6) is 0 Å². The van der Waals surface area contributed by atoms with Crippen molar-refractivity contribution in [2.24, 2.45) is 11.7 Å². The Kier molecular flexibility index (Phi) is 3.62. The topological polar surface area (TPSA) is 114 Å². The first-order chi connectivity index (χ1) is 11.3. The zero-order valence-corrected chi connectivity index (χ0v) is 12.8. The standard InChI is InChI=1S/C14H19N9/c15-4-11-7-23(21-20-11)6-10-2-1-3-22(5-10)14-12-13(17-8-16-12)18-9-19-14/h7-10H,1-6,15H2,(H,16,17,18,19)/t10-/m0/s1. The number of nitrogens with one attached hydrogen (secondary N) is 1. The van der Waals surface area contributed by atoms with Gasteiger partial charge in [-0.25, -0.2) is 15.0 Å². The Morgan fingerprint density at radius 1 is 1.30 bits per heavy atom. The smallest absolute Gasteiger partial charge is 0.182 e. The second-order valence-electron chi connectivity index (χ2n) is 5.89. The quantitative estimate of drug-likeness (QED) is 0.712. The van der Waals surface area contributed by atoms with Crippen LogP contribution in [0.2, 0.25) is 0 Å². The number of anilines is 1. The highest BCUT2D eigenvalue weighted by Gasteiger charge is 2.23. The molecule has 120 valence electrons. The van der Waals surface area contributed by atoms with E-state index in [0.29, 0.717) is 18.1 Å². The van der Waals surface area contributed by atoms with Crippen molar-refractivity contribution in [1.82, 2.24) is 34.9 Å². The van der Waals surface area contributed by atoms with Crippen molar-refractivity contribution in [2.75, 3.05) is 18.0 Å². The minimum absolute atomic E-state index is 0.426. The summed E-state index contributed by atoms with van der Waals surface area (Å²) >= 11 is 0. The SMILES string of the molecule is NCc1cn(C[C@H]2CCCN(c3ncnc4nc[nH]c34)C2)nn1. The Morgan fingerprint density at radius 2 is 2.26 bits per heavy atom. The predicted octanol–water partition coefficient (Wildman–Crippen LogP) is 0.320. The second kappa shape index (κ2) is 5.92. The molecule has 3 aromatic rings. The van der Waals surface area contributed by atoms with Gasteiger partial charge in [-0.1, -0.05) is 5.21 Å². The summed E-state index contributed by atoms with van der Waals surface area (Å²) in [5.41, 5.74) is 8.03. The lowest BCUT2D eigenvalue weighted by Crippen LogP contribution is -2.37. The maximum Gasteiger partial charge on any atom is 0.182 e. The number of rotatable bonds is 4. The van der Waals surface area contributed by atoms with Crippen LogP contribution in [-0.2, 0) is 13.1 Å². The normalized spacial score (nSPS) is 18.7. The van der Waals surface area contributed by atoms with Crippen LogP contribution in [0, 0.1) is 5.92 Å². The molecule has 1 atom stereocenters. The van der Waals surface area contributed by atoms with Crippen LogP contribution >= 0.6 is 0 Å². The first kappa shape index (κ1) is 14.1. The molecule has 0 amide bonds. The lowest BCUT2D eigenvalue weighted by Gasteiger charge is -2.33. The number of nitrogens with zero attached hydrogens (tertiary/aromatic N) is 7. The minimum atomic E-state index is 0.426. The monoisotopic (exact) mass is 313 g/mol. The molecular formula is C14H19N9. The van der Waals surface area contributed by atoms with E-state index in [4.69, 9.17) is 5.73 Å². The van der Waals surface area contributed by atoms with E-state index in [1.807, 2.05) is 10.9 Å². The number of aromatic amines is 1. The van der Waals surface area contributed by atoms with E-state index in [2.05, 4.69) is 35.1 Å². The lowest BCUT2D eigenvalue weighted by atomic mass is 9.98. The Hall–Kier alpha value is -2.55. The molecule has 0 unspecified atom stereocenters. The van der Waals surface area contributed by atoms with Gasteiger partial charge in [0.1, 0.15) is 11.8 Å². The minimum Gasteiger partial charge on any atom is -0.354 e. The highest BCUT2D eigenvalue weighted by molar-refractivity contribution is 5.82. The molecule has 3 N–H and O–H groups in total. The number of piperidine rings is 1. The number of aromatic nitrogens is 7. The fourth-order valence-electron chi connectivity index (χ4n) is 3.18. The van der Waals surface area contributed by atoms with Crippen LogP contribution in [0.25, 0.3) is 11.2 Å². The van der Waals surface area contributed by atoms with Gasteiger partial charge in [-0.2, -0.15) is 0 Å². The summed E-state index contributed by atoms with van der Waals surface area (Å²) in [6, 6.07) is 0. The van der Waals surface area contributed by atoms with Crippen LogP contribution in [0.15, 0.2) is 18.9 Å². The maximum absolute atomic E-state index is 5.59. The van der Waals surface area contributed by atoms with E-state index in [-0.39, 0.29) is 0 Å². The molecule has 0 spiro atoms. The average Bonchev–Trinajstić information content (AvgIpc) is 3.23. The van der Waals surface area contributed by atoms with Gasteiger partial charge in [-0.05, 0) is 18.8 Å². The van der Waals surface area contributed by atoms with E-state index in [1.54, 1.807) is 12.7 Å².